The number of carboxylic acid groups (broad SMARTS) is 1. The molecular formula is C17H19ClFN3O4. The van der Waals surface area contributed by atoms with Gasteiger partial charge in [-0.2, -0.15) is 0 Å². The first kappa shape index (κ1) is 18.4. The van der Waals surface area contributed by atoms with Crippen LogP contribution in [0.5, 0.6) is 0 Å². The van der Waals surface area contributed by atoms with E-state index in [1.54, 1.807) is 6.92 Å². The zero-order valence-electron chi connectivity index (χ0n) is 14.2. The first-order valence-corrected chi connectivity index (χ1v) is 8.64. The van der Waals surface area contributed by atoms with Crippen LogP contribution in [-0.4, -0.2) is 53.6 Å². The van der Waals surface area contributed by atoms with Gasteiger partial charge >= 0.3 is 12.0 Å². The number of halogens is 2. The molecule has 2 aliphatic heterocycles. The van der Waals surface area contributed by atoms with Crippen LogP contribution in [-0.2, 0) is 9.59 Å². The third-order valence-electron chi connectivity index (χ3n) is 4.99. The standard InChI is InChI=1S/C17H19ClFN3O4/c1-17(15(24)25)5-7-21(9-17)16(26)20-13-4-6-22(14(13)23)10-2-3-12(19)11(18)8-10/h2-3,8,13H,4-7,9H2,1H3,(H,20,26)(H,24,25). The molecular weight excluding hydrogens is 365 g/mol. The molecule has 0 bridgehead atoms. The minimum absolute atomic E-state index is 0.0761. The van der Waals surface area contributed by atoms with Crippen molar-refractivity contribution in [2.75, 3.05) is 24.5 Å². The summed E-state index contributed by atoms with van der Waals surface area (Å²) < 4.78 is 13.3. The number of hydrogen-bond acceptors (Lipinski definition) is 3. The molecule has 26 heavy (non-hydrogen) atoms. The molecule has 2 aliphatic rings. The number of aliphatic carboxylic acids is 1. The molecule has 0 radical (unpaired) electrons. The lowest BCUT2D eigenvalue weighted by Gasteiger charge is -2.22. The predicted molar refractivity (Wildman–Crippen MR) is 92.6 cm³/mol. The minimum Gasteiger partial charge on any atom is -0.481 e. The van der Waals surface area contributed by atoms with E-state index in [1.807, 2.05) is 0 Å². The smallest absolute Gasteiger partial charge is 0.318 e. The van der Waals surface area contributed by atoms with Crippen LogP contribution in [0.1, 0.15) is 19.8 Å². The van der Waals surface area contributed by atoms with Gasteiger partial charge < -0.3 is 20.2 Å². The maximum atomic E-state index is 13.3. The van der Waals surface area contributed by atoms with Crippen LogP contribution in [0, 0.1) is 11.2 Å². The Bertz CT molecular complexity index is 774. The van der Waals surface area contributed by atoms with Crippen molar-refractivity contribution in [3.63, 3.8) is 0 Å². The molecule has 2 fully saturated rings. The highest BCUT2D eigenvalue weighted by atomic mass is 35.5. The van der Waals surface area contributed by atoms with Crippen molar-refractivity contribution in [2.45, 2.75) is 25.8 Å². The number of carboxylic acids is 1. The number of nitrogens with zero attached hydrogens (tertiary/aromatic N) is 2. The van der Waals surface area contributed by atoms with Gasteiger partial charge in [-0.1, -0.05) is 11.6 Å². The Kier molecular flexibility index (Phi) is 4.79. The molecule has 2 heterocycles. The highest BCUT2D eigenvalue weighted by Crippen LogP contribution is 2.30. The molecule has 0 aliphatic carbocycles. The number of anilines is 1. The van der Waals surface area contributed by atoms with Crippen molar-refractivity contribution in [3.05, 3.63) is 29.0 Å². The van der Waals surface area contributed by atoms with E-state index in [0.717, 1.165) is 0 Å². The quantitative estimate of drug-likeness (QED) is 0.836. The Hall–Kier alpha value is -2.35. The van der Waals surface area contributed by atoms with Crippen molar-refractivity contribution in [1.29, 1.82) is 0 Å². The summed E-state index contributed by atoms with van der Waals surface area (Å²) in [6.07, 6.45) is 0.776. The summed E-state index contributed by atoms with van der Waals surface area (Å²) >= 11 is 5.76. The monoisotopic (exact) mass is 383 g/mol. The second-order valence-corrected chi connectivity index (χ2v) is 7.32. The lowest BCUT2D eigenvalue weighted by atomic mass is 9.90. The Labute approximate surface area is 154 Å². The zero-order chi connectivity index (χ0) is 19.1. The first-order valence-electron chi connectivity index (χ1n) is 8.26. The number of carbonyl (C=O) groups excluding carboxylic acids is 2. The lowest BCUT2D eigenvalue weighted by molar-refractivity contribution is -0.147. The predicted octanol–water partition coefficient (Wildman–Crippen LogP) is 2.09. The summed E-state index contributed by atoms with van der Waals surface area (Å²) in [7, 11) is 0. The molecule has 3 amide bonds. The Morgan fingerprint density at radius 1 is 1.38 bits per heavy atom. The van der Waals surface area contributed by atoms with Gasteiger partial charge in [0.25, 0.3) is 0 Å². The van der Waals surface area contributed by atoms with E-state index in [1.165, 1.54) is 28.0 Å². The molecule has 7 nitrogen and oxygen atoms in total. The molecule has 2 atom stereocenters. The second kappa shape index (κ2) is 6.75. The second-order valence-electron chi connectivity index (χ2n) is 6.92. The van der Waals surface area contributed by atoms with Crippen LogP contribution < -0.4 is 10.2 Å². The number of likely N-dealkylation sites (tertiary alicyclic amines) is 1. The van der Waals surface area contributed by atoms with E-state index in [9.17, 15) is 23.9 Å². The molecule has 0 spiro atoms. The fraction of sp³-hybridized carbons (Fsp3) is 0.471. The van der Waals surface area contributed by atoms with Gasteiger partial charge in [-0.15, -0.1) is 0 Å². The molecule has 2 saturated heterocycles. The lowest BCUT2D eigenvalue weighted by Crippen LogP contribution is -2.48. The van der Waals surface area contributed by atoms with E-state index in [2.05, 4.69) is 5.32 Å². The van der Waals surface area contributed by atoms with Gasteiger partial charge in [-0.3, -0.25) is 9.59 Å². The van der Waals surface area contributed by atoms with E-state index < -0.39 is 29.3 Å². The minimum atomic E-state index is -0.964. The third kappa shape index (κ3) is 3.33. The highest BCUT2D eigenvalue weighted by Gasteiger charge is 2.43. The average Bonchev–Trinajstić information content (AvgIpc) is 3.15. The Balaban J connectivity index is 1.63. The molecule has 140 valence electrons. The summed E-state index contributed by atoms with van der Waals surface area (Å²) in [5.41, 5.74) is -0.494. The molecule has 0 aromatic heterocycles. The van der Waals surface area contributed by atoms with Gasteiger partial charge in [-0.05, 0) is 38.0 Å². The number of hydrogen-bond donors (Lipinski definition) is 2. The van der Waals surface area contributed by atoms with Crippen molar-refractivity contribution in [3.8, 4) is 0 Å². The fourth-order valence-corrected chi connectivity index (χ4v) is 3.45. The van der Waals surface area contributed by atoms with E-state index >= 15 is 0 Å². The van der Waals surface area contributed by atoms with Gasteiger partial charge in [0.1, 0.15) is 11.9 Å². The largest absolute Gasteiger partial charge is 0.481 e. The third-order valence-corrected chi connectivity index (χ3v) is 5.28. The number of carbonyl (C=O) groups is 3. The maximum absolute atomic E-state index is 13.3. The average molecular weight is 384 g/mol. The molecule has 1 aromatic carbocycles. The summed E-state index contributed by atoms with van der Waals surface area (Å²) in [6.45, 7) is 2.40. The summed E-state index contributed by atoms with van der Waals surface area (Å²) in [4.78, 5) is 39.1. The number of nitrogens with one attached hydrogen (secondary N) is 1. The number of amides is 3. The molecule has 1 aromatic rings. The van der Waals surface area contributed by atoms with Crippen LogP contribution in [0.25, 0.3) is 0 Å². The van der Waals surface area contributed by atoms with Crippen molar-refractivity contribution < 1.29 is 23.9 Å². The maximum Gasteiger partial charge on any atom is 0.318 e. The molecule has 0 saturated carbocycles. The van der Waals surface area contributed by atoms with E-state index in [-0.39, 0.29) is 17.5 Å². The van der Waals surface area contributed by atoms with Crippen LogP contribution in [0.4, 0.5) is 14.9 Å². The van der Waals surface area contributed by atoms with Crippen molar-refractivity contribution in [1.82, 2.24) is 10.2 Å². The van der Waals surface area contributed by atoms with Crippen LogP contribution in [0.2, 0.25) is 5.02 Å². The molecule has 3 rings (SSSR count). The van der Waals surface area contributed by atoms with Crippen LogP contribution in [0.3, 0.4) is 0 Å². The Morgan fingerprint density at radius 2 is 2.12 bits per heavy atom. The van der Waals surface area contributed by atoms with Crippen molar-refractivity contribution >= 4 is 35.2 Å². The van der Waals surface area contributed by atoms with E-state index in [4.69, 9.17) is 11.6 Å². The highest BCUT2D eigenvalue weighted by molar-refractivity contribution is 6.31. The molecule has 2 N–H and O–H groups in total. The first-order chi connectivity index (χ1) is 12.2. The van der Waals surface area contributed by atoms with Crippen molar-refractivity contribution in [2.24, 2.45) is 5.41 Å². The fourth-order valence-electron chi connectivity index (χ4n) is 3.27. The normalized spacial score (nSPS) is 25.7. The van der Waals surface area contributed by atoms with Gasteiger partial charge in [0, 0.05) is 25.3 Å². The van der Waals surface area contributed by atoms with Gasteiger partial charge in [0.15, 0.2) is 0 Å². The van der Waals surface area contributed by atoms with Gasteiger partial charge in [0.2, 0.25) is 5.91 Å². The molecule has 9 heteroatoms. The van der Waals surface area contributed by atoms with Crippen LogP contribution in [0.15, 0.2) is 18.2 Å². The van der Waals surface area contributed by atoms with Gasteiger partial charge in [-0.25, -0.2) is 9.18 Å². The van der Waals surface area contributed by atoms with E-state index in [0.29, 0.717) is 31.6 Å². The summed E-state index contributed by atoms with van der Waals surface area (Å²) in [5, 5.41) is 11.8. The number of urea groups is 1. The SMILES string of the molecule is CC1(C(=O)O)CCN(C(=O)NC2CCN(c3ccc(F)c(Cl)c3)C2=O)C1. The molecule has 2 unspecified atom stereocenters. The summed E-state index contributed by atoms with van der Waals surface area (Å²) in [5.74, 6) is -1.81. The number of benzene rings is 1. The zero-order valence-corrected chi connectivity index (χ0v) is 14.9. The topological polar surface area (TPSA) is 89.9 Å². The van der Waals surface area contributed by atoms with Crippen LogP contribution >= 0.6 is 11.6 Å². The number of rotatable bonds is 3. The Morgan fingerprint density at radius 3 is 2.73 bits per heavy atom. The summed E-state index contributed by atoms with van der Waals surface area (Å²) in [6, 6.07) is 2.86. The van der Waals surface area contributed by atoms with Gasteiger partial charge in [0.05, 0.1) is 10.4 Å².